The van der Waals surface area contributed by atoms with Crippen molar-refractivity contribution in [2.45, 2.75) is 57.3 Å². The lowest BCUT2D eigenvalue weighted by molar-refractivity contribution is -0.347. The van der Waals surface area contributed by atoms with Crippen molar-refractivity contribution in [3.8, 4) is 0 Å². The minimum Gasteiger partial charge on any atom is -0.790 e. The van der Waals surface area contributed by atoms with Gasteiger partial charge in [0, 0.05) is 31.3 Å². The Morgan fingerprint density at radius 2 is 1.75 bits per heavy atom. The van der Waals surface area contributed by atoms with Crippen LogP contribution in [0.3, 0.4) is 0 Å². The summed E-state index contributed by atoms with van der Waals surface area (Å²) in [6.45, 7) is 3.18. The van der Waals surface area contributed by atoms with Crippen molar-refractivity contribution in [3.05, 3.63) is 25.3 Å². The number of allylic oxidation sites excluding steroid dienone is 1. The molecule has 286 valence electrons. The van der Waals surface area contributed by atoms with Crippen molar-refractivity contribution < 1.29 is 80.5 Å². The third kappa shape index (κ3) is 12.3. The fourth-order valence-corrected chi connectivity index (χ4v) is 7.08. The normalized spacial score (nSPS) is 22.5. The number of carbonyl (C=O) groups is 3. The molecule has 6 N–H and O–H groups in total. The maximum Gasteiger partial charge on any atom is 0.274 e. The van der Waals surface area contributed by atoms with Crippen LogP contribution in [-0.4, -0.2) is 98.0 Å². The van der Waals surface area contributed by atoms with E-state index >= 15 is 0 Å². The number of imidazole rings is 1. The van der Waals surface area contributed by atoms with Gasteiger partial charge in [-0.05, 0) is 6.08 Å². The van der Waals surface area contributed by atoms with E-state index in [-0.39, 0.29) is 48.7 Å². The number of aliphatic hydroxyl groups excluding tert-OH is 2. The first-order valence-corrected chi connectivity index (χ1v) is 18.9. The molecule has 1 aliphatic rings. The van der Waals surface area contributed by atoms with E-state index in [1.165, 1.54) is 13.8 Å². The maximum atomic E-state index is 12.4. The molecule has 0 bridgehead atoms. The first-order valence-electron chi connectivity index (χ1n) is 14.5. The lowest BCUT2D eigenvalue weighted by atomic mass is 9.87. The number of hydrogen-bond donors (Lipinski definition) is 5. The van der Waals surface area contributed by atoms with Gasteiger partial charge in [0.05, 0.1) is 27.4 Å². The molecule has 0 aliphatic carbocycles. The summed E-state index contributed by atoms with van der Waals surface area (Å²) in [5.74, 6) is -1.91. The largest absolute Gasteiger partial charge is 0.790 e. The number of fused-ring (bicyclic) bond motifs is 1. The molecular weight excluding hydrogens is 751 g/mol. The number of phosphoric ester groups is 3. The molecule has 1 aliphatic heterocycles. The molecule has 2 aromatic rings. The second-order valence-electron chi connectivity index (χ2n) is 11.4. The summed E-state index contributed by atoms with van der Waals surface area (Å²) in [6, 6.07) is 0. The summed E-state index contributed by atoms with van der Waals surface area (Å²) in [4.78, 5) is 94.6. The highest BCUT2D eigenvalue weighted by Gasteiger charge is 2.47. The Morgan fingerprint density at radius 1 is 1.10 bits per heavy atom. The zero-order valence-corrected chi connectivity index (χ0v) is 29.5. The van der Waals surface area contributed by atoms with Gasteiger partial charge in [0.2, 0.25) is 11.8 Å². The van der Waals surface area contributed by atoms with Crippen LogP contribution in [0.15, 0.2) is 25.3 Å². The number of nitrogens with zero attached hydrogens (tertiary/aromatic N) is 4. The molecule has 0 saturated carbocycles. The number of nitrogen functional groups attached to an aromatic ring is 1. The Kier molecular flexibility index (Phi) is 14.3. The highest BCUT2D eigenvalue weighted by atomic mass is 31.3. The number of rotatable bonds is 20. The number of nitrogens with one attached hydrogen (secondary N) is 2. The Balaban J connectivity index is 1.56. The molecule has 3 rings (SSSR count). The van der Waals surface area contributed by atoms with Crippen molar-refractivity contribution >= 4 is 58.0 Å². The molecule has 3 heterocycles. The molecule has 0 aromatic carbocycles. The number of aromatic nitrogens is 4. The van der Waals surface area contributed by atoms with Crippen LogP contribution in [0.25, 0.3) is 11.2 Å². The monoisotopic (exact) mass is 785 g/mol. The van der Waals surface area contributed by atoms with Crippen molar-refractivity contribution in [2.75, 3.05) is 32.0 Å². The summed E-state index contributed by atoms with van der Waals surface area (Å²) in [5.41, 5.74) is 4.05. The van der Waals surface area contributed by atoms with Gasteiger partial charge < -0.3 is 69.0 Å². The van der Waals surface area contributed by atoms with Gasteiger partial charge in [0.1, 0.15) is 36.3 Å². The Bertz CT molecular complexity index is 1740. The van der Waals surface area contributed by atoms with Crippen molar-refractivity contribution in [2.24, 2.45) is 5.41 Å². The standard InChI is InChI=1S/C24H38N7O17P3/c1-4-13(32)5-7-26-15(33)6-8-27-22(36)19(35)24(2,3)10-45-51(42,43)48-50(40,41)44-9-14-18(47-49(37,38)39)17(34)23(46-14)31-12-30-16-20(25)28-11-29-21(16)31/h4,11-12,14,17-19,23,34-35H,1,5-10H2,2-3H3,(H,26,33)(H,27,36)(H,40,41)(H,42,43)(H2,25,28,29)(H2,37,38,39)/p-4. The second-order valence-corrected chi connectivity index (χ2v) is 15.5. The van der Waals surface area contributed by atoms with E-state index in [2.05, 4.69) is 50.0 Å². The van der Waals surface area contributed by atoms with Gasteiger partial charge in [-0.3, -0.25) is 28.1 Å². The Hall–Kier alpha value is -3.05. The van der Waals surface area contributed by atoms with E-state index in [1.807, 2.05) is 0 Å². The molecule has 7 atom stereocenters. The average molecular weight is 785 g/mol. The fraction of sp³-hybridized carbons (Fsp3) is 0.583. The number of ketones is 1. The van der Waals surface area contributed by atoms with Crippen LogP contribution in [-0.2, 0) is 50.7 Å². The van der Waals surface area contributed by atoms with E-state index in [9.17, 15) is 57.9 Å². The lowest BCUT2D eigenvalue weighted by Gasteiger charge is -2.36. The molecule has 2 aromatic heterocycles. The van der Waals surface area contributed by atoms with Crippen molar-refractivity contribution in [1.29, 1.82) is 0 Å². The van der Waals surface area contributed by atoms with Crippen molar-refractivity contribution in [3.63, 3.8) is 0 Å². The molecule has 1 fully saturated rings. The summed E-state index contributed by atoms with van der Waals surface area (Å²) in [5, 5.41) is 25.9. The molecular formula is C24H34N7O17P3-4. The first kappa shape index (κ1) is 42.4. The second kappa shape index (κ2) is 17.2. The zero-order valence-electron chi connectivity index (χ0n) is 26.8. The van der Waals surface area contributed by atoms with E-state index in [4.69, 9.17) is 10.5 Å². The molecule has 2 amide bonds. The number of amides is 2. The zero-order chi connectivity index (χ0) is 38.4. The SMILES string of the molecule is C=CC(=O)CCNC(=O)CCNC(=O)C(O)C(C)(C)COP(=O)([O-])OP(=O)([O-])OCC1OC(n2cnc3c(N)ncnc32)C(O)C1OP(=O)([O-])[O-]. The smallest absolute Gasteiger partial charge is 0.274 e. The van der Waals surface area contributed by atoms with E-state index < -0.39 is 84.6 Å². The summed E-state index contributed by atoms with van der Waals surface area (Å²) in [7, 11) is -17.6. The van der Waals surface area contributed by atoms with E-state index in [0.29, 0.717) is 0 Å². The predicted molar refractivity (Wildman–Crippen MR) is 161 cm³/mol. The minimum atomic E-state index is -5.91. The highest BCUT2D eigenvalue weighted by Crippen LogP contribution is 2.56. The van der Waals surface area contributed by atoms with Crippen LogP contribution >= 0.6 is 23.5 Å². The van der Waals surface area contributed by atoms with Crippen LogP contribution < -0.4 is 35.9 Å². The van der Waals surface area contributed by atoms with E-state index in [1.54, 1.807) is 0 Å². The molecule has 1 saturated heterocycles. The number of ether oxygens (including phenoxy) is 1. The van der Waals surface area contributed by atoms with Gasteiger partial charge in [-0.25, -0.2) is 19.3 Å². The lowest BCUT2D eigenvalue weighted by Crippen LogP contribution is -2.46. The summed E-state index contributed by atoms with van der Waals surface area (Å²) in [6.07, 6.45) is -6.51. The van der Waals surface area contributed by atoms with Gasteiger partial charge in [0.15, 0.2) is 23.5 Å². The topological polar surface area (TPSA) is 375 Å². The van der Waals surface area contributed by atoms with Crippen molar-refractivity contribution in [1.82, 2.24) is 30.2 Å². The number of nitrogens with two attached hydrogens (primary N) is 1. The number of aliphatic hydroxyl groups is 2. The molecule has 51 heavy (non-hydrogen) atoms. The Morgan fingerprint density at radius 3 is 2.39 bits per heavy atom. The van der Waals surface area contributed by atoms with Gasteiger partial charge in [-0.2, -0.15) is 0 Å². The molecule has 7 unspecified atom stereocenters. The maximum absolute atomic E-state index is 12.4. The Labute approximate surface area is 288 Å². The number of hydrogen-bond acceptors (Lipinski definition) is 21. The van der Waals surface area contributed by atoms with Crippen LogP contribution in [0.4, 0.5) is 5.82 Å². The average Bonchev–Trinajstić information content (AvgIpc) is 3.58. The predicted octanol–water partition coefficient (Wildman–Crippen LogP) is -3.98. The fourth-order valence-electron chi connectivity index (χ4n) is 4.34. The molecule has 0 spiro atoms. The number of phosphoric acid groups is 3. The number of anilines is 1. The van der Waals surface area contributed by atoms with Crippen LogP contribution in [0.5, 0.6) is 0 Å². The summed E-state index contributed by atoms with van der Waals surface area (Å²) < 4.78 is 60.2. The van der Waals surface area contributed by atoms with E-state index in [0.717, 1.165) is 23.3 Å². The molecule has 0 radical (unpaired) electrons. The van der Waals surface area contributed by atoms with Gasteiger partial charge in [-0.15, -0.1) is 0 Å². The van der Waals surface area contributed by atoms with Crippen LogP contribution in [0.1, 0.15) is 32.9 Å². The summed E-state index contributed by atoms with van der Waals surface area (Å²) >= 11 is 0. The minimum absolute atomic E-state index is 0.0235. The first-order chi connectivity index (χ1) is 23.6. The quantitative estimate of drug-likeness (QED) is 0.0631. The third-order valence-electron chi connectivity index (χ3n) is 6.97. The molecule has 24 nitrogen and oxygen atoms in total. The van der Waals surface area contributed by atoms with Gasteiger partial charge in [0.25, 0.3) is 15.6 Å². The highest BCUT2D eigenvalue weighted by molar-refractivity contribution is 7.59. The van der Waals surface area contributed by atoms with Crippen LogP contribution in [0, 0.1) is 5.41 Å². The number of carbonyl (C=O) groups excluding carboxylic acids is 3. The van der Waals surface area contributed by atoms with Gasteiger partial charge >= 0.3 is 0 Å². The van der Waals surface area contributed by atoms with Crippen LogP contribution in [0.2, 0.25) is 0 Å². The third-order valence-corrected chi connectivity index (χ3v) is 9.99. The van der Waals surface area contributed by atoms with Gasteiger partial charge in [-0.1, -0.05) is 20.4 Å². The molecule has 27 heteroatoms.